The Hall–Kier alpha value is -1.68. The lowest BCUT2D eigenvalue weighted by Gasteiger charge is -1.96. The fraction of sp³-hybridized carbons (Fsp3) is 0.143. The number of nitrogens with zero attached hydrogens (tertiary/aromatic N) is 2. The van der Waals surface area contributed by atoms with Gasteiger partial charge in [0, 0.05) is 22.8 Å². The molecule has 92 valence electrons. The highest BCUT2D eigenvalue weighted by Crippen LogP contribution is 2.12. The molecule has 0 N–H and O–H groups in total. The Morgan fingerprint density at radius 2 is 2.28 bits per heavy atom. The zero-order valence-corrected chi connectivity index (χ0v) is 11.6. The summed E-state index contributed by atoms with van der Waals surface area (Å²) in [6.07, 6.45) is 5.17. The molecule has 0 bridgehead atoms. The average molecular weight is 305 g/mol. The van der Waals surface area contributed by atoms with Gasteiger partial charge in [-0.25, -0.2) is 0 Å². The van der Waals surface area contributed by atoms with Gasteiger partial charge in [0.15, 0.2) is 5.78 Å². The highest BCUT2D eigenvalue weighted by Gasteiger charge is 2.02. The largest absolute Gasteiger partial charge is 0.289 e. The number of hydrogen-bond donors (Lipinski definition) is 0. The molecule has 0 aliphatic carbocycles. The van der Waals surface area contributed by atoms with E-state index in [9.17, 15) is 4.79 Å². The van der Waals surface area contributed by atoms with Gasteiger partial charge >= 0.3 is 0 Å². The van der Waals surface area contributed by atoms with Gasteiger partial charge in [-0.3, -0.25) is 9.48 Å². The predicted octanol–water partition coefficient (Wildman–Crippen LogP) is 3.56. The Morgan fingerprint density at radius 1 is 1.44 bits per heavy atom. The first-order valence-corrected chi connectivity index (χ1v) is 6.50. The van der Waals surface area contributed by atoms with Crippen LogP contribution < -0.4 is 0 Å². The molecule has 0 aliphatic heterocycles. The van der Waals surface area contributed by atoms with Crippen molar-refractivity contribution in [3.8, 4) is 0 Å². The van der Waals surface area contributed by atoms with Crippen LogP contribution in [0.2, 0.25) is 0 Å². The zero-order valence-electron chi connectivity index (χ0n) is 10.0. The van der Waals surface area contributed by atoms with Crippen LogP contribution in [0.25, 0.3) is 6.08 Å². The molecule has 0 unspecified atom stereocenters. The van der Waals surface area contributed by atoms with E-state index in [1.54, 1.807) is 24.3 Å². The summed E-state index contributed by atoms with van der Waals surface area (Å²) in [4.78, 5) is 11.9. The molecule has 0 radical (unpaired) electrons. The topological polar surface area (TPSA) is 34.9 Å². The molecule has 0 saturated carbocycles. The van der Waals surface area contributed by atoms with Gasteiger partial charge in [-0.05, 0) is 37.3 Å². The van der Waals surface area contributed by atoms with E-state index in [1.807, 2.05) is 36.0 Å². The molecular weight excluding hydrogens is 292 g/mol. The molecule has 0 saturated heterocycles. The zero-order chi connectivity index (χ0) is 13.0. The van der Waals surface area contributed by atoms with Crippen molar-refractivity contribution in [2.45, 2.75) is 13.5 Å². The van der Waals surface area contributed by atoms with Crippen molar-refractivity contribution < 1.29 is 4.79 Å². The van der Waals surface area contributed by atoms with Crippen LogP contribution in [0.1, 0.15) is 23.0 Å². The molecule has 18 heavy (non-hydrogen) atoms. The highest BCUT2D eigenvalue weighted by atomic mass is 79.9. The molecule has 1 aromatic heterocycles. The quantitative estimate of drug-likeness (QED) is 0.639. The van der Waals surface area contributed by atoms with Crippen molar-refractivity contribution >= 4 is 27.8 Å². The van der Waals surface area contributed by atoms with Crippen LogP contribution in [0, 0.1) is 0 Å². The molecule has 4 heteroatoms. The third kappa shape index (κ3) is 3.17. The Kier molecular flexibility index (Phi) is 4.10. The Morgan fingerprint density at radius 3 is 2.94 bits per heavy atom. The van der Waals surface area contributed by atoms with Gasteiger partial charge in [-0.1, -0.05) is 28.1 Å². The van der Waals surface area contributed by atoms with Crippen molar-refractivity contribution in [2.24, 2.45) is 0 Å². The second-order valence-corrected chi connectivity index (χ2v) is 4.72. The maximum atomic E-state index is 11.9. The highest BCUT2D eigenvalue weighted by molar-refractivity contribution is 9.10. The van der Waals surface area contributed by atoms with E-state index >= 15 is 0 Å². The van der Waals surface area contributed by atoms with Crippen LogP contribution in [0.15, 0.2) is 47.1 Å². The summed E-state index contributed by atoms with van der Waals surface area (Å²) in [6, 6.07) is 9.22. The molecule has 0 amide bonds. The Bertz CT molecular complexity index is 587. The first kappa shape index (κ1) is 12.8. The van der Waals surface area contributed by atoms with E-state index < -0.39 is 0 Å². The lowest BCUT2D eigenvalue weighted by Crippen LogP contribution is -1.95. The number of allylic oxidation sites excluding steroid dienone is 1. The Balaban J connectivity index is 2.11. The number of carbonyl (C=O) groups excluding carboxylic acids is 1. The SMILES string of the molecule is CCn1ccc(/C=C/C(=O)c2cccc(Br)c2)n1. The number of ketones is 1. The molecule has 2 rings (SSSR count). The number of halogens is 1. The van der Waals surface area contributed by atoms with E-state index in [4.69, 9.17) is 0 Å². The molecule has 0 aliphatic rings. The van der Waals surface area contributed by atoms with Gasteiger partial charge in [0.05, 0.1) is 5.69 Å². The van der Waals surface area contributed by atoms with E-state index in [1.165, 1.54) is 0 Å². The van der Waals surface area contributed by atoms with Crippen LogP contribution in [0.5, 0.6) is 0 Å². The lowest BCUT2D eigenvalue weighted by atomic mass is 10.1. The van der Waals surface area contributed by atoms with Gasteiger partial charge in [-0.2, -0.15) is 5.10 Å². The summed E-state index contributed by atoms with van der Waals surface area (Å²) in [5.41, 5.74) is 1.45. The second-order valence-electron chi connectivity index (χ2n) is 3.80. The van der Waals surface area contributed by atoms with Crippen molar-refractivity contribution in [1.29, 1.82) is 0 Å². The standard InChI is InChI=1S/C14H13BrN2O/c1-2-17-9-8-13(16-17)6-7-14(18)11-4-3-5-12(15)10-11/h3-10H,2H2,1H3/b7-6+. The van der Waals surface area contributed by atoms with Crippen molar-refractivity contribution in [1.82, 2.24) is 9.78 Å². The maximum absolute atomic E-state index is 11.9. The van der Waals surface area contributed by atoms with Crippen LogP contribution in [-0.2, 0) is 6.54 Å². The number of aryl methyl sites for hydroxylation is 1. The minimum atomic E-state index is -0.0256. The summed E-state index contributed by atoms with van der Waals surface area (Å²) in [5, 5.41) is 4.28. The van der Waals surface area contributed by atoms with E-state index in [-0.39, 0.29) is 5.78 Å². The third-order valence-electron chi connectivity index (χ3n) is 2.50. The normalized spacial score (nSPS) is 11.0. The smallest absolute Gasteiger partial charge is 0.185 e. The lowest BCUT2D eigenvalue weighted by molar-refractivity contribution is 0.104. The van der Waals surface area contributed by atoms with Crippen LogP contribution in [0.4, 0.5) is 0 Å². The number of carbonyl (C=O) groups is 1. The summed E-state index contributed by atoms with van der Waals surface area (Å²) < 4.78 is 2.72. The molecule has 0 atom stereocenters. The monoisotopic (exact) mass is 304 g/mol. The number of rotatable bonds is 4. The Labute approximate surface area is 114 Å². The van der Waals surface area contributed by atoms with Gasteiger partial charge in [-0.15, -0.1) is 0 Å². The van der Waals surface area contributed by atoms with Gasteiger partial charge in [0.25, 0.3) is 0 Å². The fourth-order valence-corrected chi connectivity index (χ4v) is 1.94. The first-order chi connectivity index (χ1) is 8.69. The molecule has 0 spiro atoms. The molecule has 0 fully saturated rings. The number of benzene rings is 1. The second kappa shape index (κ2) is 5.78. The molecule has 3 nitrogen and oxygen atoms in total. The van der Waals surface area contributed by atoms with E-state index in [0.29, 0.717) is 5.56 Å². The molecule has 1 heterocycles. The van der Waals surface area contributed by atoms with Crippen molar-refractivity contribution in [3.05, 3.63) is 58.3 Å². The summed E-state index contributed by atoms with van der Waals surface area (Å²) in [6.45, 7) is 2.85. The van der Waals surface area contributed by atoms with Gasteiger partial charge in [0.1, 0.15) is 0 Å². The molecule has 1 aromatic carbocycles. The molecule has 2 aromatic rings. The van der Waals surface area contributed by atoms with Crippen LogP contribution in [-0.4, -0.2) is 15.6 Å². The van der Waals surface area contributed by atoms with Gasteiger partial charge < -0.3 is 0 Å². The average Bonchev–Trinajstić information content (AvgIpc) is 2.84. The minimum absolute atomic E-state index is 0.0256. The van der Waals surface area contributed by atoms with Crippen LogP contribution in [0.3, 0.4) is 0 Å². The van der Waals surface area contributed by atoms with Crippen LogP contribution >= 0.6 is 15.9 Å². The predicted molar refractivity (Wildman–Crippen MR) is 75.4 cm³/mol. The minimum Gasteiger partial charge on any atom is -0.289 e. The van der Waals surface area contributed by atoms with E-state index in [0.717, 1.165) is 16.7 Å². The van der Waals surface area contributed by atoms with Crippen molar-refractivity contribution in [2.75, 3.05) is 0 Å². The summed E-state index contributed by atoms with van der Waals surface area (Å²) >= 11 is 3.35. The first-order valence-electron chi connectivity index (χ1n) is 5.70. The maximum Gasteiger partial charge on any atom is 0.185 e. The third-order valence-corrected chi connectivity index (χ3v) is 2.99. The fourth-order valence-electron chi connectivity index (χ4n) is 1.54. The molecular formula is C14H13BrN2O. The summed E-state index contributed by atoms with van der Waals surface area (Å²) in [7, 11) is 0. The number of hydrogen-bond acceptors (Lipinski definition) is 2. The number of aromatic nitrogens is 2. The van der Waals surface area contributed by atoms with Crippen molar-refractivity contribution in [3.63, 3.8) is 0 Å². The van der Waals surface area contributed by atoms with Gasteiger partial charge in [0.2, 0.25) is 0 Å². The summed E-state index contributed by atoms with van der Waals surface area (Å²) in [5.74, 6) is -0.0256. The van der Waals surface area contributed by atoms with E-state index in [2.05, 4.69) is 21.0 Å².